The number of thiophene rings is 1. The molecule has 1 N–H and O–H groups in total. The van der Waals surface area contributed by atoms with E-state index in [0.29, 0.717) is 5.25 Å². The van der Waals surface area contributed by atoms with Crippen LogP contribution in [-0.4, -0.2) is 24.2 Å². The van der Waals surface area contributed by atoms with E-state index < -0.39 is 5.97 Å². The Morgan fingerprint density at radius 1 is 1.30 bits per heavy atom. The molecule has 3 rings (SSSR count). The van der Waals surface area contributed by atoms with Gasteiger partial charge in [0.1, 0.15) is 6.54 Å². The van der Waals surface area contributed by atoms with Crippen LogP contribution >= 0.6 is 23.1 Å². The van der Waals surface area contributed by atoms with Gasteiger partial charge in [0.25, 0.3) is 0 Å². The minimum absolute atomic E-state index is 0.0642. The summed E-state index contributed by atoms with van der Waals surface area (Å²) in [6, 6.07) is 12.3. The molecule has 1 aromatic carbocycles. The lowest BCUT2D eigenvalue weighted by atomic mass is 10.2. The summed E-state index contributed by atoms with van der Waals surface area (Å²) in [5, 5.41) is 11.6. The van der Waals surface area contributed by atoms with Crippen molar-refractivity contribution in [3.8, 4) is 0 Å². The van der Waals surface area contributed by atoms with Crippen LogP contribution in [0.15, 0.2) is 46.7 Å². The first-order chi connectivity index (χ1) is 9.74. The van der Waals surface area contributed by atoms with Gasteiger partial charge >= 0.3 is 5.97 Å². The van der Waals surface area contributed by atoms with Gasteiger partial charge in [-0.25, -0.2) is 0 Å². The average Bonchev–Trinajstić information content (AvgIpc) is 2.90. The number of rotatable bonds is 3. The summed E-state index contributed by atoms with van der Waals surface area (Å²) in [6.45, 7) is 0.841. The van der Waals surface area contributed by atoms with Gasteiger partial charge in [-0.05, 0) is 30.0 Å². The summed E-state index contributed by atoms with van der Waals surface area (Å²) in [5.74, 6) is -0.778. The van der Waals surface area contributed by atoms with E-state index in [2.05, 4.69) is 23.6 Å². The maximum absolute atomic E-state index is 11.1. The number of carboxylic acid groups (broad SMARTS) is 1. The van der Waals surface area contributed by atoms with Crippen LogP contribution in [0.1, 0.15) is 16.5 Å². The summed E-state index contributed by atoms with van der Waals surface area (Å²) in [7, 11) is 0. The third-order valence-electron chi connectivity index (χ3n) is 3.32. The molecule has 0 radical (unpaired) electrons. The van der Waals surface area contributed by atoms with Crippen LogP contribution in [-0.2, 0) is 4.79 Å². The number of benzene rings is 1. The molecule has 0 amide bonds. The second-order valence-corrected chi connectivity index (χ2v) is 6.92. The van der Waals surface area contributed by atoms with E-state index in [0.717, 1.165) is 18.7 Å². The summed E-state index contributed by atoms with van der Waals surface area (Å²) in [6.07, 6.45) is 0.965. The Morgan fingerprint density at radius 3 is 2.90 bits per heavy atom. The molecule has 0 saturated heterocycles. The number of hydrogen-bond donors (Lipinski definition) is 1. The van der Waals surface area contributed by atoms with Gasteiger partial charge < -0.3 is 10.0 Å². The van der Waals surface area contributed by atoms with Crippen molar-refractivity contribution in [3.63, 3.8) is 0 Å². The topological polar surface area (TPSA) is 40.5 Å². The Bertz CT molecular complexity index is 598. The van der Waals surface area contributed by atoms with Gasteiger partial charge in [-0.15, -0.1) is 23.1 Å². The van der Waals surface area contributed by atoms with Crippen LogP contribution in [0.2, 0.25) is 0 Å². The molecule has 0 aliphatic carbocycles. The maximum Gasteiger partial charge on any atom is 0.323 e. The monoisotopic (exact) mass is 305 g/mol. The van der Waals surface area contributed by atoms with Crippen LogP contribution < -0.4 is 4.90 Å². The van der Waals surface area contributed by atoms with Gasteiger partial charge in [-0.3, -0.25) is 4.79 Å². The fourth-order valence-corrected chi connectivity index (χ4v) is 4.68. The third-order valence-corrected chi connectivity index (χ3v) is 5.83. The SMILES string of the molecule is O=C(O)CN1CCC(c2cccs2)Sc2ccccc21. The number of carboxylic acids is 1. The number of fused-ring (bicyclic) bond motifs is 1. The Morgan fingerprint density at radius 2 is 2.15 bits per heavy atom. The van der Waals surface area contributed by atoms with E-state index in [1.54, 1.807) is 11.3 Å². The van der Waals surface area contributed by atoms with Gasteiger partial charge in [0.05, 0.1) is 5.69 Å². The fourth-order valence-electron chi connectivity index (χ4n) is 2.43. The lowest BCUT2D eigenvalue weighted by molar-refractivity contribution is -0.135. The fraction of sp³-hybridized carbons (Fsp3) is 0.267. The summed E-state index contributed by atoms with van der Waals surface area (Å²) in [4.78, 5) is 15.6. The van der Waals surface area contributed by atoms with Gasteiger partial charge in [-0.1, -0.05) is 18.2 Å². The molecule has 1 unspecified atom stereocenters. The zero-order chi connectivity index (χ0) is 13.9. The first-order valence-corrected chi connectivity index (χ1v) is 8.26. The molecule has 0 saturated carbocycles. The Labute approximate surface area is 126 Å². The molecule has 2 aromatic rings. The lowest BCUT2D eigenvalue weighted by Gasteiger charge is -2.22. The minimum Gasteiger partial charge on any atom is -0.480 e. The normalized spacial score (nSPS) is 18.4. The molecule has 0 fully saturated rings. The molecule has 5 heteroatoms. The van der Waals surface area contributed by atoms with Gasteiger partial charge in [0, 0.05) is 21.6 Å². The smallest absolute Gasteiger partial charge is 0.323 e. The highest BCUT2D eigenvalue weighted by molar-refractivity contribution is 7.99. The van der Waals surface area contributed by atoms with Crippen molar-refractivity contribution >= 4 is 34.8 Å². The van der Waals surface area contributed by atoms with Crippen LogP contribution in [0.25, 0.3) is 0 Å². The molecule has 1 aliphatic heterocycles. The predicted molar refractivity (Wildman–Crippen MR) is 83.8 cm³/mol. The van der Waals surface area contributed by atoms with E-state index >= 15 is 0 Å². The highest BCUT2D eigenvalue weighted by atomic mass is 32.2. The maximum atomic E-state index is 11.1. The molecule has 0 bridgehead atoms. The van der Waals surface area contributed by atoms with Gasteiger partial charge in [-0.2, -0.15) is 0 Å². The van der Waals surface area contributed by atoms with Crippen molar-refractivity contribution in [3.05, 3.63) is 46.7 Å². The zero-order valence-corrected chi connectivity index (χ0v) is 12.5. The Balaban J connectivity index is 1.92. The first-order valence-electron chi connectivity index (χ1n) is 6.50. The number of thioether (sulfide) groups is 1. The quantitative estimate of drug-likeness (QED) is 0.934. The third kappa shape index (κ3) is 2.83. The minimum atomic E-state index is -0.778. The van der Waals surface area contributed by atoms with Crippen molar-refractivity contribution in [1.29, 1.82) is 0 Å². The van der Waals surface area contributed by atoms with E-state index in [9.17, 15) is 4.79 Å². The molecule has 1 atom stereocenters. The number of nitrogens with zero attached hydrogens (tertiary/aromatic N) is 1. The number of anilines is 1. The van der Waals surface area contributed by atoms with Crippen LogP contribution in [0.4, 0.5) is 5.69 Å². The Hall–Kier alpha value is -1.46. The van der Waals surface area contributed by atoms with Crippen LogP contribution in [0.3, 0.4) is 0 Å². The summed E-state index contributed by atoms with van der Waals surface area (Å²) in [5.41, 5.74) is 1.04. The van der Waals surface area contributed by atoms with Crippen molar-refractivity contribution < 1.29 is 9.90 Å². The first kappa shape index (κ1) is 13.5. The summed E-state index contributed by atoms with van der Waals surface area (Å²) >= 11 is 3.62. The van der Waals surface area contributed by atoms with E-state index in [1.165, 1.54) is 9.77 Å². The highest BCUT2D eigenvalue weighted by Crippen LogP contribution is 2.45. The molecule has 2 heterocycles. The predicted octanol–water partition coefficient (Wildman–Crippen LogP) is 3.88. The van der Waals surface area contributed by atoms with Crippen LogP contribution in [0, 0.1) is 0 Å². The van der Waals surface area contributed by atoms with Crippen molar-refractivity contribution in [2.24, 2.45) is 0 Å². The average molecular weight is 305 g/mol. The van der Waals surface area contributed by atoms with Gasteiger partial charge in [0.2, 0.25) is 0 Å². The van der Waals surface area contributed by atoms with Crippen molar-refractivity contribution in [2.75, 3.05) is 18.0 Å². The van der Waals surface area contributed by atoms with Crippen molar-refractivity contribution in [2.45, 2.75) is 16.6 Å². The second kappa shape index (κ2) is 5.89. The molecule has 1 aliphatic rings. The largest absolute Gasteiger partial charge is 0.480 e. The number of hydrogen-bond acceptors (Lipinski definition) is 4. The molecule has 3 nitrogen and oxygen atoms in total. The number of para-hydroxylation sites is 1. The van der Waals surface area contributed by atoms with E-state index in [1.807, 2.05) is 34.9 Å². The van der Waals surface area contributed by atoms with Crippen molar-refractivity contribution in [1.82, 2.24) is 0 Å². The lowest BCUT2D eigenvalue weighted by Crippen LogP contribution is -2.30. The van der Waals surface area contributed by atoms with Crippen LogP contribution in [0.5, 0.6) is 0 Å². The molecule has 20 heavy (non-hydrogen) atoms. The molecule has 1 aromatic heterocycles. The number of carbonyl (C=O) groups is 1. The van der Waals surface area contributed by atoms with Gasteiger partial charge in [0.15, 0.2) is 0 Å². The molecule has 0 spiro atoms. The summed E-state index contributed by atoms with van der Waals surface area (Å²) < 4.78 is 0. The van der Waals surface area contributed by atoms with E-state index in [-0.39, 0.29) is 6.54 Å². The highest BCUT2D eigenvalue weighted by Gasteiger charge is 2.24. The zero-order valence-electron chi connectivity index (χ0n) is 10.9. The molecule has 104 valence electrons. The second-order valence-electron chi connectivity index (χ2n) is 4.69. The Kier molecular flexibility index (Phi) is 3.98. The standard InChI is InChI=1S/C15H15NO2S2/c17-15(18)10-16-8-7-14(13-6-3-9-19-13)20-12-5-2-1-4-11(12)16/h1-6,9,14H,7-8,10H2,(H,17,18). The molecular formula is C15H15NO2S2. The molecular weight excluding hydrogens is 290 g/mol. The van der Waals surface area contributed by atoms with E-state index in [4.69, 9.17) is 5.11 Å². The number of aliphatic carboxylic acids is 1.